The van der Waals surface area contributed by atoms with Crippen LogP contribution in [-0.4, -0.2) is 15.7 Å². The highest BCUT2D eigenvalue weighted by Crippen LogP contribution is 2.30. The molecule has 130 valence electrons. The zero-order chi connectivity index (χ0) is 18.0. The van der Waals surface area contributed by atoms with Crippen LogP contribution in [0.5, 0.6) is 0 Å². The fourth-order valence-electron chi connectivity index (χ4n) is 2.47. The first-order valence-corrected chi connectivity index (χ1v) is 8.24. The molecule has 1 amide bonds. The van der Waals surface area contributed by atoms with Crippen LogP contribution < -0.4 is 5.32 Å². The number of aryl methyl sites for hydroxylation is 1. The van der Waals surface area contributed by atoms with Gasteiger partial charge in [0.1, 0.15) is 5.69 Å². The maximum Gasteiger partial charge on any atom is 0.433 e. The molecule has 25 heavy (non-hydrogen) atoms. The minimum Gasteiger partial charge on any atom is -0.339 e. The quantitative estimate of drug-likeness (QED) is 0.759. The van der Waals surface area contributed by atoms with E-state index in [-0.39, 0.29) is 5.69 Å². The van der Waals surface area contributed by atoms with Gasteiger partial charge < -0.3 is 5.32 Å². The Kier molecular flexibility index (Phi) is 4.63. The lowest BCUT2D eigenvalue weighted by Crippen LogP contribution is -2.29. The Morgan fingerprint density at radius 2 is 1.92 bits per heavy atom. The van der Waals surface area contributed by atoms with Crippen molar-refractivity contribution in [3.05, 3.63) is 75.7 Å². The number of rotatable bonds is 4. The van der Waals surface area contributed by atoms with E-state index in [1.165, 1.54) is 11.3 Å². The molecule has 1 N–H and O–H groups in total. The van der Waals surface area contributed by atoms with Gasteiger partial charge in [0.15, 0.2) is 5.69 Å². The van der Waals surface area contributed by atoms with E-state index in [2.05, 4.69) is 10.4 Å². The first-order valence-electron chi connectivity index (χ1n) is 7.36. The number of halogens is 3. The van der Waals surface area contributed by atoms with Crippen molar-refractivity contribution >= 4 is 17.2 Å². The fourth-order valence-corrected chi connectivity index (χ4v) is 3.27. The van der Waals surface area contributed by atoms with Gasteiger partial charge in [0, 0.05) is 18.0 Å². The standard InChI is InChI=1S/C17H14F3N3OS/c1-23-14(17(18,19)20)10-12(22-23)16(24)21-15(13-8-5-9-25-13)11-6-3-2-4-7-11/h2-10,15H,1H3,(H,21,24). The van der Waals surface area contributed by atoms with Gasteiger partial charge in [-0.3, -0.25) is 9.48 Å². The lowest BCUT2D eigenvalue weighted by Gasteiger charge is -2.17. The Balaban J connectivity index is 1.89. The fraction of sp³-hybridized carbons (Fsp3) is 0.176. The molecule has 2 aromatic heterocycles. The van der Waals surface area contributed by atoms with Gasteiger partial charge in [-0.2, -0.15) is 18.3 Å². The van der Waals surface area contributed by atoms with Crippen molar-refractivity contribution < 1.29 is 18.0 Å². The third-order valence-electron chi connectivity index (χ3n) is 3.64. The summed E-state index contributed by atoms with van der Waals surface area (Å²) in [6.07, 6.45) is -4.56. The number of carbonyl (C=O) groups excluding carboxylic acids is 1. The lowest BCUT2D eigenvalue weighted by molar-refractivity contribution is -0.143. The number of nitrogens with zero attached hydrogens (tertiary/aromatic N) is 2. The van der Waals surface area contributed by atoms with Crippen LogP contribution in [0.15, 0.2) is 53.9 Å². The highest BCUT2D eigenvalue weighted by molar-refractivity contribution is 7.10. The molecule has 8 heteroatoms. The van der Waals surface area contributed by atoms with E-state index in [0.717, 1.165) is 23.6 Å². The maximum atomic E-state index is 12.9. The van der Waals surface area contributed by atoms with Crippen molar-refractivity contribution in [1.82, 2.24) is 15.1 Å². The third kappa shape index (κ3) is 3.74. The molecule has 1 atom stereocenters. The number of thiophene rings is 1. The largest absolute Gasteiger partial charge is 0.433 e. The molecule has 3 aromatic rings. The number of benzene rings is 1. The average Bonchev–Trinajstić information content (AvgIpc) is 3.22. The van der Waals surface area contributed by atoms with E-state index in [4.69, 9.17) is 0 Å². The summed E-state index contributed by atoms with van der Waals surface area (Å²) in [5.74, 6) is -0.659. The molecular formula is C17H14F3N3OS. The zero-order valence-electron chi connectivity index (χ0n) is 13.1. The molecule has 0 spiro atoms. The second-order valence-corrected chi connectivity index (χ2v) is 6.35. The Hall–Kier alpha value is -2.61. The highest BCUT2D eigenvalue weighted by atomic mass is 32.1. The summed E-state index contributed by atoms with van der Waals surface area (Å²) in [4.78, 5) is 13.3. The van der Waals surface area contributed by atoms with Crippen molar-refractivity contribution in [1.29, 1.82) is 0 Å². The van der Waals surface area contributed by atoms with E-state index in [1.54, 1.807) is 0 Å². The van der Waals surface area contributed by atoms with E-state index in [0.29, 0.717) is 4.68 Å². The van der Waals surface area contributed by atoms with Crippen molar-refractivity contribution in [2.75, 3.05) is 0 Å². The first-order chi connectivity index (χ1) is 11.9. The van der Waals surface area contributed by atoms with Crippen LogP contribution in [0.4, 0.5) is 13.2 Å². The monoisotopic (exact) mass is 365 g/mol. The third-order valence-corrected chi connectivity index (χ3v) is 4.58. The average molecular weight is 365 g/mol. The van der Waals surface area contributed by atoms with Crippen LogP contribution in [-0.2, 0) is 13.2 Å². The summed E-state index contributed by atoms with van der Waals surface area (Å²) in [5.41, 5.74) is -0.400. The molecule has 1 aromatic carbocycles. The molecular weight excluding hydrogens is 351 g/mol. The minimum atomic E-state index is -4.56. The van der Waals surface area contributed by atoms with Gasteiger partial charge in [0.25, 0.3) is 5.91 Å². The van der Waals surface area contributed by atoms with E-state index in [9.17, 15) is 18.0 Å². The number of amides is 1. The molecule has 0 saturated heterocycles. The topological polar surface area (TPSA) is 46.9 Å². The Morgan fingerprint density at radius 1 is 1.20 bits per heavy atom. The molecule has 2 heterocycles. The Labute approximate surface area is 145 Å². The SMILES string of the molecule is Cn1nc(C(=O)NC(c2ccccc2)c2cccs2)cc1C(F)(F)F. The maximum absolute atomic E-state index is 12.9. The van der Waals surface area contributed by atoms with Gasteiger partial charge in [-0.1, -0.05) is 36.4 Å². The van der Waals surface area contributed by atoms with E-state index >= 15 is 0 Å². The van der Waals surface area contributed by atoms with E-state index < -0.39 is 23.8 Å². The minimum absolute atomic E-state index is 0.271. The van der Waals surface area contributed by atoms with Crippen LogP contribution >= 0.6 is 11.3 Å². The number of nitrogens with one attached hydrogen (secondary N) is 1. The van der Waals surface area contributed by atoms with Gasteiger partial charge in [0.05, 0.1) is 6.04 Å². The number of alkyl halides is 3. The summed E-state index contributed by atoms with van der Waals surface area (Å²) in [5, 5.41) is 8.34. The van der Waals surface area contributed by atoms with Crippen LogP contribution in [0.3, 0.4) is 0 Å². The van der Waals surface area contributed by atoms with E-state index in [1.807, 2.05) is 47.8 Å². The van der Waals surface area contributed by atoms with Crippen molar-refractivity contribution in [3.63, 3.8) is 0 Å². The predicted molar refractivity (Wildman–Crippen MR) is 88.3 cm³/mol. The molecule has 4 nitrogen and oxygen atoms in total. The highest BCUT2D eigenvalue weighted by Gasteiger charge is 2.36. The second-order valence-electron chi connectivity index (χ2n) is 5.37. The van der Waals surface area contributed by atoms with Gasteiger partial charge in [-0.05, 0) is 17.0 Å². The van der Waals surface area contributed by atoms with Crippen LogP contribution in [0.25, 0.3) is 0 Å². The summed E-state index contributed by atoms with van der Waals surface area (Å²) in [6, 6.07) is 13.2. The van der Waals surface area contributed by atoms with Crippen LogP contribution in [0, 0.1) is 0 Å². The Morgan fingerprint density at radius 3 is 2.48 bits per heavy atom. The number of aromatic nitrogens is 2. The molecule has 1 unspecified atom stereocenters. The van der Waals surface area contributed by atoms with Crippen molar-refractivity contribution in [3.8, 4) is 0 Å². The van der Waals surface area contributed by atoms with Crippen molar-refractivity contribution in [2.24, 2.45) is 7.05 Å². The van der Waals surface area contributed by atoms with Crippen LogP contribution in [0.1, 0.15) is 32.7 Å². The van der Waals surface area contributed by atoms with Gasteiger partial charge >= 0.3 is 6.18 Å². The molecule has 0 aliphatic heterocycles. The summed E-state index contributed by atoms with van der Waals surface area (Å²) >= 11 is 1.46. The predicted octanol–water partition coefficient (Wildman–Crippen LogP) is 4.02. The normalized spacial score (nSPS) is 12.8. The summed E-state index contributed by atoms with van der Waals surface area (Å²) < 4.78 is 39.3. The van der Waals surface area contributed by atoms with Gasteiger partial charge in [0.2, 0.25) is 0 Å². The van der Waals surface area contributed by atoms with Crippen molar-refractivity contribution in [2.45, 2.75) is 12.2 Å². The number of hydrogen-bond acceptors (Lipinski definition) is 3. The second kappa shape index (κ2) is 6.72. The van der Waals surface area contributed by atoms with Gasteiger partial charge in [-0.15, -0.1) is 11.3 Å². The molecule has 0 fully saturated rings. The Bertz CT molecular complexity index is 857. The zero-order valence-corrected chi connectivity index (χ0v) is 13.9. The number of hydrogen-bond donors (Lipinski definition) is 1. The summed E-state index contributed by atoms with van der Waals surface area (Å²) in [6.45, 7) is 0. The lowest BCUT2D eigenvalue weighted by atomic mass is 10.1. The molecule has 3 rings (SSSR count). The molecule has 0 aliphatic carbocycles. The first kappa shape index (κ1) is 17.2. The molecule has 0 bridgehead atoms. The molecule has 0 radical (unpaired) electrons. The smallest absolute Gasteiger partial charge is 0.339 e. The molecule has 0 aliphatic rings. The summed E-state index contributed by atoms with van der Waals surface area (Å²) in [7, 11) is 1.16. The molecule has 0 saturated carbocycles. The van der Waals surface area contributed by atoms with Crippen LogP contribution in [0.2, 0.25) is 0 Å². The van der Waals surface area contributed by atoms with Gasteiger partial charge in [-0.25, -0.2) is 0 Å². The number of carbonyl (C=O) groups is 1.